The first-order valence-electron chi connectivity index (χ1n) is 6.35. The van der Waals surface area contributed by atoms with Gasteiger partial charge in [-0.15, -0.1) is 0 Å². The molecule has 1 aromatic rings. The lowest BCUT2D eigenvalue weighted by atomic mass is 10.1. The van der Waals surface area contributed by atoms with Gasteiger partial charge in [-0.25, -0.2) is 8.42 Å². The van der Waals surface area contributed by atoms with Crippen molar-refractivity contribution in [3.05, 3.63) is 28.8 Å². The second kappa shape index (κ2) is 5.71. The number of hydrogen-bond donors (Lipinski definition) is 1. The van der Waals surface area contributed by atoms with Crippen LogP contribution < -0.4 is 0 Å². The summed E-state index contributed by atoms with van der Waals surface area (Å²) in [6.45, 7) is 1.85. The largest absolute Gasteiger partial charge is 0.480 e. The van der Waals surface area contributed by atoms with Crippen molar-refractivity contribution < 1.29 is 18.3 Å². The number of carboxylic acids is 1. The van der Waals surface area contributed by atoms with E-state index in [0.29, 0.717) is 23.4 Å². The van der Waals surface area contributed by atoms with E-state index in [9.17, 15) is 18.3 Å². The number of sulfonamides is 1. The minimum Gasteiger partial charge on any atom is -0.480 e. The number of carboxylic acid groups (broad SMARTS) is 1. The Morgan fingerprint density at radius 2 is 2.10 bits per heavy atom. The van der Waals surface area contributed by atoms with Gasteiger partial charge in [0, 0.05) is 11.6 Å². The predicted molar refractivity (Wildman–Crippen MR) is 75.4 cm³/mol. The van der Waals surface area contributed by atoms with E-state index in [1.165, 1.54) is 6.07 Å². The Morgan fingerprint density at radius 3 is 2.75 bits per heavy atom. The Labute approximate surface area is 123 Å². The van der Waals surface area contributed by atoms with Crippen molar-refractivity contribution in [1.82, 2.24) is 4.31 Å². The van der Waals surface area contributed by atoms with E-state index in [-0.39, 0.29) is 11.4 Å². The molecule has 20 heavy (non-hydrogen) atoms. The molecule has 0 aliphatic carbocycles. The van der Waals surface area contributed by atoms with Crippen LogP contribution in [-0.2, 0) is 14.8 Å². The molecule has 1 heterocycles. The summed E-state index contributed by atoms with van der Waals surface area (Å²) < 4.78 is 26.4. The average molecular weight is 318 g/mol. The zero-order valence-electron chi connectivity index (χ0n) is 11.0. The van der Waals surface area contributed by atoms with Crippen LogP contribution in [0.2, 0.25) is 5.02 Å². The average Bonchev–Trinajstić information content (AvgIpc) is 2.41. The van der Waals surface area contributed by atoms with Crippen molar-refractivity contribution in [3.63, 3.8) is 0 Å². The number of aliphatic carboxylic acids is 1. The van der Waals surface area contributed by atoms with Crippen LogP contribution in [0, 0.1) is 6.92 Å². The third-order valence-electron chi connectivity index (χ3n) is 3.54. The molecule has 0 bridgehead atoms. The summed E-state index contributed by atoms with van der Waals surface area (Å²) in [5.74, 6) is -1.10. The second-order valence-corrected chi connectivity index (χ2v) is 7.09. The van der Waals surface area contributed by atoms with Crippen molar-refractivity contribution in [3.8, 4) is 0 Å². The van der Waals surface area contributed by atoms with Gasteiger partial charge in [0.25, 0.3) is 0 Å². The van der Waals surface area contributed by atoms with Crippen LogP contribution >= 0.6 is 11.6 Å². The normalized spacial score (nSPS) is 20.8. The lowest BCUT2D eigenvalue weighted by Gasteiger charge is -2.32. The first kappa shape index (κ1) is 15.3. The molecule has 1 N–H and O–H groups in total. The summed E-state index contributed by atoms with van der Waals surface area (Å²) in [6, 6.07) is 3.64. The van der Waals surface area contributed by atoms with Crippen molar-refractivity contribution in [2.24, 2.45) is 0 Å². The Bertz CT molecular complexity index is 629. The maximum absolute atomic E-state index is 12.7. The molecule has 110 valence electrons. The Balaban J connectivity index is 2.48. The van der Waals surface area contributed by atoms with Gasteiger partial charge in [0.05, 0.1) is 4.90 Å². The van der Waals surface area contributed by atoms with E-state index < -0.39 is 22.0 Å². The van der Waals surface area contributed by atoms with Crippen LogP contribution in [0.25, 0.3) is 0 Å². The number of hydrogen-bond acceptors (Lipinski definition) is 3. The summed E-state index contributed by atoms with van der Waals surface area (Å²) in [5.41, 5.74) is 0.448. The molecule has 1 saturated heterocycles. The van der Waals surface area contributed by atoms with Crippen LogP contribution in [0.4, 0.5) is 0 Å². The first-order chi connectivity index (χ1) is 9.35. The molecule has 1 fully saturated rings. The van der Waals surface area contributed by atoms with Crippen LogP contribution in [0.3, 0.4) is 0 Å². The summed E-state index contributed by atoms with van der Waals surface area (Å²) in [5, 5.41) is 9.57. The van der Waals surface area contributed by atoms with Crippen LogP contribution in [0.15, 0.2) is 23.1 Å². The number of halogens is 1. The molecule has 0 spiro atoms. The van der Waals surface area contributed by atoms with Crippen molar-refractivity contribution >= 4 is 27.6 Å². The van der Waals surface area contributed by atoms with Gasteiger partial charge >= 0.3 is 5.97 Å². The minimum atomic E-state index is -3.84. The smallest absolute Gasteiger partial charge is 0.322 e. The van der Waals surface area contributed by atoms with E-state index in [1.807, 2.05) is 0 Å². The Hall–Kier alpha value is -1.11. The highest BCUT2D eigenvalue weighted by atomic mass is 35.5. The van der Waals surface area contributed by atoms with Gasteiger partial charge in [-0.3, -0.25) is 4.79 Å². The van der Waals surface area contributed by atoms with Gasteiger partial charge in [-0.1, -0.05) is 17.7 Å². The van der Waals surface area contributed by atoms with Gasteiger partial charge in [-0.05, 0) is 43.9 Å². The molecule has 1 atom stereocenters. The molecule has 7 heteroatoms. The fourth-order valence-corrected chi connectivity index (χ4v) is 4.56. The minimum absolute atomic E-state index is 0.0816. The Kier molecular flexibility index (Phi) is 4.36. The lowest BCUT2D eigenvalue weighted by Crippen LogP contribution is -2.47. The summed E-state index contributed by atoms with van der Waals surface area (Å²) in [4.78, 5) is 11.3. The molecule has 0 unspecified atom stereocenters. The molecule has 2 rings (SSSR count). The maximum Gasteiger partial charge on any atom is 0.322 e. The molecule has 0 radical (unpaired) electrons. The highest BCUT2D eigenvalue weighted by Gasteiger charge is 2.38. The van der Waals surface area contributed by atoms with Crippen molar-refractivity contribution in [1.29, 1.82) is 0 Å². The molecule has 1 aromatic carbocycles. The first-order valence-corrected chi connectivity index (χ1v) is 8.17. The SMILES string of the molecule is Cc1c(Cl)cccc1S(=O)(=O)N1CCCC[C@@H]1C(=O)O. The second-order valence-electron chi connectivity index (χ2n) is 4.83. The molecule has 0 aromatic heterocycles. The van der Waals surface area contributed by atoms with Gasteiger partial charge in [0.2, 0.25) is 10.0 Å². The lowest BCUT2D eigenvalue weighted by molar-refractivity contribution is -0.142. The van der Waals surface area contributed by atoms with Crippen molar-refractivity contribution in [2.45, 2.75) is 37.1 Å². The molecule has 5 nitrogen and oxygen atoms in total. The highest BCUT2D eigenvalue weighted by molar-refractivity contribution is 7.89. The third-order valence-corrected chi connectivity index (χ3v) is 6.01. The zero-order valence-corrected chi connectivity index (χ0v) is 12.6. The predicted octanol–water partition coefficient (Wildman–Crippen LogP) is 2.28. The van der Waals surface area contributed by atoms with Crippen LogP contribution in [-0.4, -0.2) is 36.4 Å². The van der Waals surface area contributed by atoms with Gasteiger partial charge in [0.15, 0.2) is 0 Å². The van der Waals surface area contributed by atoms with Crippen LogP contribution in [0.5, 0.6) is 0 Å². The molecule has 1 aliphatic rings. The number of rotatable bonds is 3. The van der Waals surface area contributed by atoms with E-state index in [0.717, 1.165) is 10.7 Å². The van der Waals surface area contributed by atoms with E-state index >= 15 is 0 Å². The van der Waals surface area contributed by atoms with E-state index in [4.69, 9.17) is 11.6 Å². The molecular weight excluding hydrogens is 302 g/mol. The number of nitrogens with zero attached hydrogens (tertiary/aromatic N) is 1. The fraction of sp³-hybridized carbons (Fsp3) is 0.462. The summed E-state index contributed by atoms with van der Waals surface area (Å²) >= 11 is 5.96. The molecular formula is C13H16ClNO4S. The van der Waals surface area contributed by atoms with Gasteiger partial charge < -0.3 is 5.11 Å². The standard InChI is InChI=1S/C13H16ClNO4S/c1-9-10(14)5-4-7-12(9)20(18,19)15-8-3-2-6-11(15)13(16)17/h4-5,7,11H,2-3,6,8H2,1H3,(H,16,17)/t11-/m1/s1. The third kappa shape index (κ3) is 2.68. The monoisotopic (exact) mass is 317 g/mol. The van der Waals surface area contributed by atoms with E-state index in [2.05, 4.69) is 0 Å². The van der Waals surface area contributed by atoms with E-state index in [1.54, 1.807) is 19.1 Å². The number of piperidine rings is 1. The zero-order chi connectivity index (χ0) is 14.9. The topological polar surface area (TPSA) is 74.7 Å². The highest BCUT2D eigenvalue weighted by Crippen LogP contribution is 2.29. The fourth-order valence-electron chi connectivity index (χ4n) is 2.43. The maximum atomic E-state index is 12.7. The van der Waals surface area contributed by atoms with Gasteiger partial charge in [-0.2, -0.15) is 4.31 Å². The number of carbonyl (C=O) groups is 1. The quantitative estimate of drug-likeness (QED) is 0.928. The number of benzene rings is 1. The summed E-state index contributed by atoms with van der Waals surface area (Å²) in [7, 11) is -3.84. The molecule has 1 aliphatic heterocycles. The van der Waals surface area contributed by atoms with Gasteiger partial charge in [0.1, 0.15) is 6.04 Å². The Morgan fingerprint density at radius 1 is 1.40 bits per heavy atom. The summed E-state index contributed by atoms with van der Waals surface area (Å²) in [6.07, 6.45) is 1.73. The van der Waals surface area contributed by atoms with Crippen LogP contribution in [0.1, 0.15) is 24.8 Å². The molecule has 0 amide bonds. The molecule has 0 saturated carbocycles. The van der Waals surface area contributed by atoms with Crippen molar-refractivity contribution in [2.75, 3.05) is 6.54 Å².